The number of likely N-dealkylation sites (N-methyl/N-ethyl adjacent to an activating group) is 1. The number of carbonyl (C=O) groups is 1. The van der Waals surface area contributed by atoms with Gasteiger partial charge >= 0.3 is 0 Å². The molecular weight excluding hydrogens is 254 g/mol. The fourth-order valence-electron chi connectivity index (χ4n) is 2.04. The Bertz CT molecular complexity index is 443. The van der Waals surface area contributed by atoms with E-state index >= 15 is 0 Å². The Kier molecular flexibility index (Phi) is 5.56. The van der Waals surface area contributed by atoms with E-state index in [1.54, 1.807) is 13.2 Å². The van der Waals surface area contributed by atoms with E-state index in [-0.39, 0.29) is 5.78 Å². The van der Waals surface area contributed by atoms with Crippen LogP contribution < -0.4 is 4.74 Å². The van der Waals surface area contributed by atoms with Crippen molar-refractivity contribution >= 4 is 5.78 Å². The molecular formula is C16H23NO3. The summed E-state index contributed by atoms with van der Waals surface area (Å²) in [7, 11) is 3.52. The van der Waals surface area contributed by atoms with Gasteiger partial charge in [-0.05, 0) is 37.9 Å². The summed E-state index contributed by atoms with van der Waals surface area (Å²) in [5, 5.41) is 0. The molecule has 0 amide bonds. The van der Waals surface area contributed by atoms with Gasteiger partial charge in [0.2, 0.25) is 0 Å². The van der Waals surface area contributed by atoms with Crippen LogP contribution in [-0.2, 0) is 4.74 Å². The molecule has 0 N–H and O–H groups in total. The minimum absolute atomic E-state index is 0.0761. The van der Waals surface area contributed by atoms with Crippen molar-refractivity contribution in [2.45, 2.75) is 12.8 Å². The third-order valence-corrected chi connectivity index (χ3v) is 3.49. The van der Waals surface area contributed by atoms with Crippen LogP contribution in [-0.4, -0.2) is 51.1 Å². The van der Waals surface area contributed by atoms with Crippen molar-refractivity contribution in [3.8, 4) is 5.75 Å². The van der Waals surface area contributed by atoms with Gasteiger partial charge in [0.15, 0.2) is 5.78 Å². The average Bonchev–Trinajstić information content (AvgIpc) is 3.27. The smallest absolute Gasteiger partial charge is 0.180 e. The second-order valence-electron chi connectivity index (χ2n) is 5.38. The topological polar surface area (TPSA) is 38.8 Å². The summed E-state index contributed by atoms with van der Waals surface area (Å²) >= 11 is 0. The van der Waals surface area contributed by atoms with Gasteiger partial charge in [0.25, 0.3) is 0 Å². The molecule has 1 aromatic carbocycles. The van der Waals surface area contributed by atoms with Crippen molar-refractivity contribution in [1.82, 2.24) is 4.90 Å². The number of para-hydroxylation sites is 1. The first-order valence-corrected chi connectivity index (χ1v) is 7.13. The van der Waals surface area contributed by atoms with E-state index in [1.165, 1.54) is 12.8 Å². The van der Waals surface area contributed by atoms with Gasteiger partial charge in [-0.2, -0.15) is 0 Å². The lowest BCUT2D eigenvalue weighted by atomic mass is 10.1. The number of ether oxygens (including phenoxy) is 2. The van der Waals surface area contributed by atoms with E-state index in [2.05, 4.69) is 0 Å². The first-order chi connectivity index (χ1) is 9.70. The van der Waals surface area contributed by atoms with Crippen LogP contribution in [0.4, 0.5) is 0 Å². The lowest BCUT2D eigenvalue weighted by Gasteiger charge is -2.16. The van der Waals surface area contributed by atoms with Crippen molar-refractivity contribution in [3.05, 3.63) is 29.8 Å². The number of rotatable bonds is 9. The zero-order valence-corrected chi connectivity index (χ0v) is 12.3. The molecule has 0 spiro atoms. The number of hydrogen-bond acceptors (Lipinski definition) is 4. The molecule has 1 aromatic rings. The molecule has 0 heterocycles. The van der Waals surface area contributed by atoms with Crippen molar-refractivity contribution in [2.24, 2.45) is 5.92 Å². The predicted molar refractivity (Wildman–Crippen MR) is 78.4 cm³/mol. The highest BCUT2D eigenvalue weighted by Crippen LogP contribution is 2.28. The van der Waals surface area contributed by atoms with Crippen LogP contribution in [0.25, 0.3) is 0 Å². The molecule has 1 saturated carbocycles. The lowest BCUT2D eigenvalue weighted by molar-refractivity contribution is 0.0859. The Labute approximate surface area is 120 Å². The monoisotopic (exact) mass is 277 g/mol. The molecule has 0 saturated heterocycles. The SMILES string of the molecule is COc1ccccc1C(=O)CN(C)CCOCC1CC1. The molecule has 1 fully saturated rings. The molecule has 0 aliphatic heterocycles. The minimum atomic E-state index is 0.0761. The standard InChI is InChI=1S/C16H23NO3/c1-17(9-10-20-12-13-7-8-13)11-15(18)14-5-3-4-6-16(14)19-2/h3-6,13H,7-12H2,1-2H3. The van der Waals surface area contributed by atoms with Crippen LogP contribution in [0.1, 0.15) is 23.2 Å². The lowest BCUT2D eigenvalue weighted by Crippen LogP contribution is -2.29. The van der Waals surface area contributed by atoms with E-state index in [1.807, 2.05) is 30.1 Å². The van der Waals surface area contributed by atoms with Gasteiger partial charge in [-0.3, -0.25) is 9.69 Å². The van der Waals surface area contributed by atoms with E-state index in [0.29, 0.717) is 24.5 Å². The molecule has 2 rings (SSSR count). The van der Waals surface area contributed by atoms with Crippen molar-refractivity contribution in [2.75, 3.05) is 40.5 Å². The van der Waals surface area contributed by atoms with Gasteiger partial charge in [-0.15, -0.1) is 0 Å². The van der Waals surface area contributed by atoms with Gasteiger partial charge in [0.1, 0.15) is 5.75 Å². The number of ketones is 1. The number of nitrogens with zero attached hydrogens (tertiary/aromatic N) is 1. The molecule has 0 bridgehead atoms. The maximum Gasteiger partial charge on any atom is 0.180 e. The molecule has 4 heteroatoms. The van der Waals surface area contributed by atoms with Crippen LogP contribution in [0.5, 0.6) is 5.75 Å². The van der Waals surface area contributed by atoms with E-state index in [4.69, 9.17) is 9.47 Å². The Morgan fingerprint density at radius 3 is 2.80 bits per heavy atom. The second kappa shape index (κ2) is 7.41. The molecule has 20 heavy (non-hydrogen) atoms. The third kappa shape index (κ3) is 4.62. The molecule has 1 aliphatic rings. The first-order valence-electron chi connectivity index (χ1n) is 7.13. The maximum absolute atomic E-state index is 12.2. The molecule has 0 unspecified atom stereocenters. The fraction of sp³-hybridized carbons (Fsp3) is 0.562. The predicted octanol–water partition coefficient (Wildman–Crippen LogP) is 2.24. The highest BCUT2D eigenvalue weighted by molar-refractivity contribution is 6.00. The first kappa shape index (κ1) is 15.0. The Morgan fingerprint density at radius 1 is 1.35 bits per heavy atom. The fourth-order valence-corrected chi connectivity index (χ4v) is 2.04. The molecule has 0 radical (unpaired) electrons. The maximum atomic E-state index is 12.2. The normalized spacial score (nSPS) is 14.6. The summed E-state index contributed by atoms with van der Waals surface area (Å²) in [6.07, 6.45) is 2.62. The highest BCUT2D eigenvalue weighted by atomic mass is 16.5. The summed E-state index contributed by atoms with van der Waals surface area (Å²) in [5.41, 5.74) is 0.640. The van der Waals surface area contributed by atoms with Crippen LogP contribution in [0.2, 0.25) is 0 Å². The number of carbonyl (C=O) groups excluding carboxylic acids is 1. The van der Waals surface area contributed by atoms with Gasteiger partial charge in [-0.25, -0.2) is 0 Å². The van der Waals surface area contributed by atoms with Crippen molar-refractivity contribution in [1.29, 1.82) is 0 Å². The summed E-state index contributed by atoms with van der Waals surface area (Å²) in [4.78, 5) is 14.2. The quantitative estimate of drug-likeness (QED) is 0.512. The van der Waals surface area contributed by atoms with Gasteiger partial charge in [0, 0.05) is 13.2 Å². The molecule has 1 aliphatic carbocycles. The van der Waals surface area contributed by atoms with Gasteiger partial charge in [0.05, 0.1) is 25.8 Å². The van der Waals surface area contributed by atoms with Crippen molar-refractivity contribution in [3.63, 3.8) is 0 Å². The van der Waals surface area contributed by atoms with Crippen LogP contribution >= 0.6 is 0 Å². The van der Waals surface area contributed by atoms with E-state index < -0.39 is 0 Å². The average molecular weight is 277 g/mol. The Hall–Kier alpha value is -1.39. The van der Waals surface area contributed by atoms with Crippen LogP contribution in [0, 0.1) is 5.92 Å². The third-order valence-electron chi connectivity index (χ3n) is 3.49. The number of benzene rings is 1. The number of Topliss-reactive ketones (excluding diaryl/α,β-unsaturated/α-hetero) is 1. The van der Waals surface area contributed by atoms with Gasteiger partial charge < -0.3 is 9.47 Å². The van der Waals surface area contributed by atoms with Gasteiger partial charge in [-0.1, -0.05) is 12.1 Å². The molecule has 0 aromatic heterocycles. The second-order valence-corrected chi connectivity index (χ2v) is 5.38. The van der Waals surface area contributed by atoms with E-state index in [0.717, 1.165) is 19.1 Å². The number of hydrogen-bond donors (Lipinski definition) is 0. The molecule has 4 nitrogen and oxygen atoms in total. The van der Waals surface area contributed by atoms with Crippen LogP contribution in [0.3, 0.4) is 0 Å². The van der Waals surface area contributed by atoms with Crippen LogP contribution in [0.15, 0.2) is 24.3 Å². The Morgan fingerprint density at radius 2 is 2.10 bits per heavy atom. The minimum Gasteiger partial charge on any atom is -0.496 e. The Balaban J connectivity index is 1.74. The summed E-state index contributed by atoms with van der Waals surface area (Å²) < 4.78 is 10.8. The van der Waals surface area contributed by atoms with E-state index in [9.17, 15) is 4.79 Å². The molecule has 0 atom stereocenters. The highest BCUT2D eigenvalue weighted by Gasteiger charge is 2.21. The van der Waals surface area contributed by atoms with Crippen molar-refractivity contribution < 1.29 is 14.3 Å². The summed E-state index contributed by atoms with van der Waals surface area (Å²) in [6.45, 7) is 2.71. The largest absolute Gasteiger partial charge is 0.496 e. The molecule has 110 valence electrons. The zero-order chi connectivity index (χ0) is 14.4. The zero-order valence-electron chi connectivity index (χ0n) is 12.3. The summed E-state index contributed by atoms with van der Waals surface area (Å²) in [5.74, 6) is 1.50. The summed E-state index contributed by atoms with van der Waals surface area (Å²) in [6, 6.07) is 7.34. The number of methoxy groups -OCH3 is 1.